The molecule has 1 aromatic carbocycles. The number of hydrogen-bond acceptors (Lipinski definition) is 3. The van der Waals surface area contributed by atoms with Crippen LogP contribution in [0.2, 0.25) is 0 Å². The van der Waals surface area contributed by atoms with Gasteiger partial charge < -0.3 is 14.8 Å². The standard InChI is InChI=1S/C20H35NO2/c1-12(2)16-10-18(22-8)19(23-9)11-17(16)15(7)21-20(13(3)4)14(5)6/h10-15,20-21H,1-9H3. The molecule has 0 aliphatic carbocycles. The molecule has 0 spiro atoms. The van der Waals surface area contributed by atoms with Gasteiger partial charge in [0.05, 0.1) is 14.2 Å². The van der Waals surface area contributed by atoms with Gasteiger partial charge in [-0.3, -0.25) is 0 Å². The molecule has 1 rings (SSSR count). The molecule has 0 radical (unpaired) electrons. The number of nitrogens with one attached hydrogen (secondary N) is 1. The minimum atomic E-state index is 0.266. The second kappa shape index (κ2) is 8.58. The molecule has 1 atom stereocenters. The fourth-order valence-corrected chi connectivity index (χ4v) is 3.32. The predicted molar refractivity (Wildman–Crippen MR) is 98.6 cm³/mol. The van der Waals surface area contributed by atoms with E-state index in [1.165, 1.54) is 11.1 Å². The van der Waals surface area contributed by atoms with Crippen LogP contribution in [0.5, 0.6) is 11.5 Å². The summed E-state index contributed by atoms with van der Waals surface area (Å²) < 4.78 is 11.0. The van der Waals surface area contributed by atoms with Crippen molar-refractivity contribution in [1.29, 1.82) is 0 Å². The van der Waals surface area contributed by atoms with Gasteiger partial charge in [-0.2, -0.15) is 0 Å². The van der Waals surface area contributed by atoms with Gasteiger partial charge in [-0.05, 0) is 47.9 Å². The lowest BCUT2D eigenvalue weighted by molar-refractivity contribution is 0.289. The highest BCUT2D eigenvalue weighted by molar-refractivity contribution is 5.49. The quantitative estimate of drug-likeness (QED) is 0.717. The largest absolute Gasteiger partial charge is 0.493 e. The van der Waals surface area contributed by atoms with E-state index in [-0.39, 0.29) is 6.04 Å². The molecule has 0 aliphatic heterocycles. The van der Waals surface area contributed by atoms with Gasteiger partial charge in [0.15, 0.2) is 11.5 Å². The molecule has 1 aromatic rings. The van der Waals surface area contributed by atoms with Crippen molar-refractivity contribution in [3.8, 4) is 11.5 Å². The van der Waals surface area contributed by atoms with Crippen LogP contribution in [0.15, 0.2) is 12.1 Å². The van der Waals surface area contributed by atoms with Crippen molar-refractivity contribution in [3.63, 3.8) is 0 Å². The van der Waals surface area contributed by atoms with E-state index < -0.39 is 0 Å². The highest BCUT2D eigenvalue weighted by Crippen LogP contribution is 2.36. The summed E-state index contributed by atoms with van der Waals surface area (Å²) in [5.74, 6) is 3.23. The zero-order valence-corrected chi connectivity index (χ0v) is 16.4. The molecular weight excluding hydrogens is 286 g/mol. The van der Waals surface area contributed by atoms with Crippen molar-refractivity contribution in [2.24, 2.45) is 11.8 Å². The zero-order valence-electron chi connectivity index (χ0n) is 16.4. The Hall–Kier alpha value is -1.22. The summed E-state index contributed by atoms with van der Waals surface area (Å²) in [5.41, 5.74) is 2.61. The summed E-state index contributed by atoms with van der Waals surface area (Å²) in [5, 5.41) is 3.82. The van der Waals surface area contributed by atoms with Crippen LogP contribution >= 0.6 is 0 Å². The van der Waals surface area contributed by atoms with E-state index in [0.717, 1.165) is 11.5 Å². The number of methoxy groups -OCH3 is 2. The van der Waals surface area contributed by atoms with Crippen LogP contribution in [0.25, 0.3) is 0 Å². The lowest BCUT2D eigenvalue weighted by atomic mass is 9.89. The summed E-state index contributed by atoms with van der Waals surface area (Å²) in [6.07, 6.45) is 0. The molecule has 0 fully saturated rings. The number of ether oxygens (including phenoxy) is 2. The van der Waals surface area contributed by atoms with E-state index in [4.69, 9.17) is 9.47 Å². The van der Waals surface area contributed by atoms with E-state index >= 15 is 0 Å². The SMILES string of the molecule is COc1cc(C(C)C)c(C(C)NC(C(C)C)C(C)C)cc1OC. The van der Waals surface area contributed by atoms with Gasteiger partial charge in [0.1, 0.15) is 0 Å². The Labute approximate surface area is 142 Å². The van der Waals surface area contributed by atoms with Crippen LogP contribution in [0.1, 0.15) is 71.6 Å². The molecule has 3 nitrogen and oxygen atoms in total. The third-order valence-electron chi connectivity index (χ3n) is 4.56. The van der Waals surface area contributed by atoms with Crippen LogP contribution in [0.3, 0.4) is 0 Å². The van der Waals surface area contributed by atoms with Crippen LogP contribution < -0.4 is 14.8 Å². The topological polar surface area (TPSA) is 30.5 Å². The molecule has 0 aliphatic rings. The summed E-state index contributed by atoms with van der Waals surface area (Å²) in [7, 11) is 3.39. The third-order valence-corrected chi connectivity index (χ3v) is 4.56. The van der Waals surface area contributed by atoms with Crippen molar-refractivity contribution in [2.75, 3.05) is 14.2 Å². The maximum atomic E-state index is 5.51. The van der Waals surface area contributed by atoms with Crippen LogP contribution in [0, 0.1) is 11.8 Å². The van der Waals surface area contributed by atoms with Crippen LogP contribution in [-0.2, 0) is 0 Å². The molecule has 3 heteroatoms. The molecule has 0 aromatic heterocycles. The van der Waals surface area contributed by atoms with E-state index in [9.17, 15) is 0 Å². The predicted octanol–water partition coefficient (Wildman–Crippen LogP) is 5.16. The third kappa shape index (κ3) is 4.87. The minimum absolute atomic E-state index is 0.266. The Morgan fingerprint density at radius 1 is 0.739 bits per heavy atom. The maximum absolute atomic E-state index is 5.51. The smallest absolute Gasteiger partial charge is 0.161 e. The van der Waals surface area contributed by atoms with Gasteiger partial charge in [-0.1, -0.05) is 41.5 Å². The molecule has 0 amide bonds. The van der Waals surface area contributed by atoms with Crippen molar-refractivity contribution in [2.45, 2.75) is 66.5 Å². The summed E-state index contributed by atoms with van der Waals surface area (Å²) in [6.45, 7) is 15.8. The first kappa shape index (κ1) is 19.8. The van der Waals surface area contributed by atoms with Crippen molar-refractivity contribution in [3.05, 3.63) is 23.3 Å². The Morgan fingerprint density at radius 3 is 1.52 bits per heavy atom. The van der Waals surface area contributed by atoms with Crippen LogP contribution in [-0.4, -0.2) is 20.3 Å². The van der Waals surface area contributed by atoms with E-state index in [0.29, 0.717) is 23.8 Å². The summed E-state index contributed by atoms with van der Waals surface area (Å²) >= 11 is 0. The monoisotopic (exact) mass is 321 g/mol. The number of hydrogen-bond donors (Lipinski definition) is 1. The average Bonchev–Trinajstić information content (AvgIpc) is 2.49. The highest BCUT2D eigenvalue weighted by atomic mass is 16.5. The molecular formula is C20H35NO2. The van der Waals surface area contributed by atoms with Gasteiger partial charge >= 0.3 is 0 Å². The minimum Gasteiger partial charge on any atom is -0.493 e. The average molecular weight is 322 g/mol. The number of rotatable bonds is 8. The first-order valence-corrected chi connectivity index (χ1v) is 8.74. The van der Waals surface area contributed by atoms with Crippen LogP contribution in [0.4, 0.5) is 0 Å². The van der Waals surface area contributed by atoms with Gasteiger partial charge in [-0.15, -0.1) is 0 Å². The van der Waals surface area contributed by atoms with Crippen molar-refractivity contribution < 1.29 is 9.47 Å². The molecule has 1 unspecified atom stereocenters. The van der Waals surface area contributed by atoms with Crippen molar-refractivity contribution in [1.82, 2.24) is 5.32 Å². The van der Waals surface area contributed by atoms with Gasteiger partial charge in [0.2, 0.25) is 0 Å². The first-order valence-electron chi connectivity index (χ1n) is 8.74. The Balaban J connectivity index is 3.23. The molecule has 23 heavy (non-hydrogen) atoms. The Kier molecular flexibility index (Phi) is 7.40. The number of benzene rings is 1. The fraction of sp³-hybridized carbons (Fsp3) is 0.700. The summed E-state index contributed by atoms with van der Waals surface area (Å²) in [4.78, 5) is 0. The molecule has 1 N–H and O–H groups in total. The van der Waals surface area contributed by atoms with E-state index in [1.54, 1.807) is 14.2 Å². The molecule has 0 heterocycles. The Bertz CT molecular complexity index is 487. The normalized spacial score (nSPS) is 13.3. The van der Waals surface area contributed by atoms with E-state index in [1.807, 2.05) is 0 Å². The second-order valence-corrected chi connectivity index (χ2v) is 7.39. The van der Waals surface area contributed by atoms with Gasteiger partial charge in [-0.25, -0.2) is 0 Å². The highest BCUT2D eigenvalue weighted by Gasteiger charge is 2.23. The molecule has 132 valence electrons. The van der Waals surface area contributed by atoms with E-state index in [2.05, 4.69) is 65.9 Å². The van der Waals surface area contributed by atoms with Gasteiger partial charge in [0, 0.05) is 12.1 Å². The fourth-order valence-electron chi connectivity index (χ4n) is 3.32. The van der Waals surface area contributed by atoms with Gasteiger partial charge in [0.25, 0.3) is 0 Å². The molecule has 0 bridgehead atoms. The molecule has 0 saturated carbocycles. The second-order valence-electron chi connectivity index (χ2n) is 7.39. The van der Waals surface area contributed by atoms with Crippen molar-refractivity contribution >= 4 is 0 Å². The first-order chi connectivity index (χ1) is 10.7. The lowest BCUT2D eigenvalue weighted by Crippen LogP contribution is -2.40. The lowest BCUT2D eigenvalue weighted by Gasteiger charge is -2.31. The summed E-state index contributed by atoms with van der Waals surface area (Å²) in [6, 6.07) is 5.00. The zero-order chi connectivity index (χ0) is 17.7. The molecule has 0 saturated heterocycles. The maximum Gasteiger partial charge on any atom is 0.161 e. The Morgan fingerprint density at radius 2 is 1.17 bits per heavy atom.